The fourth-order valence-corrected chi connectivity index (χ4v) is 4.44. The highest BCUT2D eigenvalue weighted by Gasteiger charge is 2.16. The zero-order valence-corrected chi connectivity index (χ0v) is 19.2. The first-order valence-electron chi connectivity index (χ1n) is 10.6. The van der Waals surface area contributed by atoms with Gasteiger partial charge < -0.3 is 14.2 Å². The Morgan fingerprint density at radius 1 is 1.00 bits per heavy atom. The van der Waals surface area contributed by atoms with Gasteiger partial charge in [-0.3, -0.25) is 4.99 Å². The molecule has 6 nitrogen and oxygen atoms in total. The first-order valence-corrected chi connectivity index (χ1v) is 11.4. The molecule has 4 aromatic rings. The minimum absolute atomic E-state index is 0.245. The van der Waals surface area contributed by atoms with Crippen LogP contribution in [0, 0.1) is 0 Å². The molecule has 0 saturated heterocycles. The number of ether oxygens (including phenoxy) is 3. The summed E-state index contributed by atoms with van der Waals surface area (Å²) in [7, 11) is 1.68. The van der Waals surface area contributed by atoms with Gasteiger partial charge in [-0.05, 0) is 42.8 Å². The highest BCUT2D eigenvalue weighted by molar-refractivity contribution is 7.07. The second kappa shape index (κ2) is 9.34. The normalized spacial score (nSPS) is 13.4. The summed E-state index contributed by atoms with van der Waals surface area (Å²) in [6.45, 7) is 2.80. The smallest absolute Gasteiger partial charge is 0.231 e. The van der Waals surface area contributed by atoms with Gasteiger partial charge in [-0.15, -0.1) is 11.3 Å². The average molecular weight is 458 g/mol. The molecule has 0 aliphatic carbocycles. The van der Waals surface area contributed by atoms with E-state index in [0.29, 0.717) is 6.54 Å². The molecule has 0 spiro atoms. The van der Waals surface area contributed by atoms with Crippen molar-refractivity contribution in [3.63, 3.8) is 0 Å². The van der Waals surface area contributed by atoms with E-state index >= 15 is 0 Å². The molecule has 0 bridgehead atoms. The minimum Gasteiger partial charge on any atom is -0.496 e. The first kappa shape index (κ1) is 21.0. The van der Waals surface area contributed by atoms with E-state index < -0.39 is 0 Å². The Balaban J connectivity index is 1.61. The molecule has 0 atom stereocenters. The predicted octanol–water partition coefficient (Wildman–Crippen LogP) is 5.33. The van der Waals surface area contributed by atoms with Gasteiger partial charge in [0.1, 0.15) is 5.75 Å². The van der Waals surface area contributed by atoms with Crippen LogP contribution in [0.5, 0.6) is 17.2 Å². The second-order valence-electron chi connectivity index (χ2n) is 7.47. The number of hydrogen-bond donors (Lipinski definition) is 0. The fraction of sp³-hybridized carbons (Fsp3) is 0.154. The quantitative estimate of drug-likeness (QED) is 0.368. The van der Waals surface area contributed by atoms with Crippen LogP contribution in [-0.2, 0) is 6.54 Å². The Morgan fingerprint density at radius 3 is 2.64 bits per heavy atom. The molecule has 2 heterocycles. The van der Waals surface area contributed by atoms with Gasteiger partial charge in [0.15, 0.2) is 11.5 Å². The van der Waals surface area contributed by atoms with Gasteiger partial charge in [-0.2, -0.15) is 5.10 Å². The average Bonchev–Trinajstić information content (AvgIpc) is 3.49. The Labute approximate surface area is 196 Å². The number of methoxy groups -OCH3 is 1. The number of benzene rings is 3. The highest BCUT2D eigenvalue weighted by atomic mass is 32.1. The molecule has 33 heavy (non-hydrogen) atoms. The van der Waals surface area contributed by atoms with Gasteiger partial charge in [0.05, 0.1) is 25.1 Å². The summed E-state index contributed by atoms with van der Waals surface area (Å²) < 4.78 is 18.5. The van der Waals surface area contributed by atoms with Gasteiger partial charge in [0.2, 0.25) is 11.6 Å². The third-order valence-corrected chi connectivity index (χ3v) is 6.20. The third-order valence-electron chi connectivity index (χ3n) is 5.35. The molecule has 0 radical (unpaired) electrons. The van der Waals surface area contributed by atoms with E-state index in [1.54, 1.807) is 18.4 Å². The van der Waals surface area contributed by atoms with Gasteiger partial charge in [-0.1, -0.05) is 42.5 Å². The van der Waals surface area contributed by atoms with Crippen molar-refractivity contribution >= 4 is 17.0 Å². The van der Waals surface area contributed by atoms with Gasteiger partial charge in [-0.25, -0.2) is 4.68 Å². The zero-order chi connectivity index (χ0) is 22.6. The van der Waals surface area contributed by atoms with Crippen LogP contribution >= 0.6 is 11.3 Å². The molecule has 0 N–H and O–H groups in total. The molecule has 0 fully saturated rings. The Bertz CT molecular complexity index is 1370. The molecule has 7 heteroatoms. The highest BCUT2D eigenvalue weighted by Crippen LogP contribution is 2.33. The second-order valence-corrected chi connectivity index (χ2v) is 8.31. The number of para-hydroxylation sites is 1. The molecule has 5 rings (SSSR count). The molecule has 1 aromatic heterocycles. The van der Waals surface area contributed by atoms with Gasteiger partial charge >= 0.3 is 0 Å². The van der Waals surface area contributed by atoms with E-state index in [2.05, 4.69) is 17.5 Å². The van der Waals surface area contributed by atoms with Crippen LogP contribution in [0.1, 0.15) is 18.1 Å². The lowest BCUT2D eigenvalue weighted by molar-refractivity contribution is 0.174. The van der Waals surface area contributed by atoms with E-state index in [-0.39, 0.29) is 6.79 Å². The molecule has 166 valence electrons. The Hall–Kier alpha value is -3.84. The van der Waals surface area contributed by atoms with Crippen LogP contribution in [-0.4, -0.2) is 24.3 Å². The third kappa shape index (κ3) is 4.40. The lowest BCUT2D eigenvalue weighted by atomic mass is 10.1. The maximum Gasteiger partial charge on any atom is 0.231 e. The number of thiazole rings is 1. The van der Waals surface area contributed by atoms with E-state index in [1.165, 1.54) is 0 Å². The molecular weight excluding hydrogens is 434 g/mol. The van der Waals surface area contributed by atoms with Crippen molar-refractivity contribution in [3.05, 3.63) is 94.1 Å². The Morgan fingerprint density at radius 2 is 1.79 bits per heavy atom. The lowest BCUT2D eigenvalue weighted by Crippen LogP contribution is -2.14. The van der Waals surface area contributed by atoms with Crippen molar-refractivity contribution in [2.75, 3.05) is 13.9 Å². The summed E-state index contributed by atoms with van der Waals surface area (Å²) in [5, 5.41) is 7.04. The molecule has 1 aliphatic rings. The SMILES string of the molecule is COc1ccccc1-c1csc(=NCc2ccccc2)n1N=C(C)c1ccc2c(c1)OCO2. The summed E-state index contributed by atoms with van der Waals surface area (Å²) in [5.74, 6) is 2.27. The fourth-order valence-electron chi connectivity index (χ4n) is 3.62. The summed E-state index contributed by atoms with van der Waals surface area (Å²) >= 11 is 1.56. The van der Waals surface area contributed by atoms with Gasteiger partial charge in [0, 0.05) is 16.5 Å². The van der Waals surface area contributed by atoms with Crippen molar-refractivity contribution in [2.24, 2.45) is 10.1 Å². The number of rotatable bonds is 6. The van der Waals surface area contributed by atoms with Crippen LogP contribution in [0.3, 0.4) is 0 Å². The summed E-state index contributed by atoms with van der Waals surface area (Å²) in [5.41, 5.74) is 4.82. The van der Waals surface area contributed by atoms with Crippen LogP contribution < -0.4 is 19.0 Å². The van der Waals surface area contributed by atoms with Crippen LogP contribution in [0.25, 0.3) is 11.3 Å². The van der Waals surface area contributed by atoms with E-state index in [4.69, 9.17) is 24.3 Å². The van der Waals surface area contributed by atoms with Crippen molar-refractivity contribution in [1.29, 1.82) is 0 Å². The van der Waals surface area contributed by atoms with Crippen molar-refractivity contribution in [3.8, 4) is 28.5 Å². The first-order chi connectivity index (χ1) is 16.2. The number of nitrogens with zero attached hydrogens (tertiary/aromatic N) is 3. The summed E-state index contributed by atoms with van der Waals surface area (Å²) in [6, 6.07) is 24.0. The predicted molar refractivity (Wildman–Crippen MR) is 130 cm³/mol. The molecule has 0 unspecified atom stereocenters. The van der Waals surface area contributed by atoms with Crippen molar-refractivity contribution in [1.82, 2.24) is 4.68 Å². The number of fused-ring (bicyclic) bond motifs is 1. The van der Waals surface area contributed by atoms with Gasteiger partial charge in [0.25, 0.3) is 0 Å². The maximum absolute atomic E-state index is 5.62. The standard InChI is InChI=1S/C26H23N3O3S/c1-18(20-12-13-24-25(14-20)32-17-31-24)28-29-22(21-10-6-7-11-23(21)30-2)16-33-26(29)27-15-19-8-4-3-5-9-19/h3-14,16H,15,17H2,1-2H3. The lowest BCUT2D eigenvalue weighted by Gasteiger charge is -2.10. The van der Waals surface area contributed by atoms with Crippen molar-refractivity contribution < 1.29 is 14.2 Å². The molecule has 0 amide bonds. The van der Waals surface area contributed by atoms with Crippen LogP contribution in [0.4, 0.5) is 0 Å². The summed E-state index contributed by atoms with van der Waals surface area (Å²) in [6.07, 6.45) is 0. The van der Waals surface area contributed by atoms with E-state index in [0.717, 1.165) is 50.1 Å². The van der Waals surface area contributed by atoms with Crippen LogP contribution in [0.2, 0.25) is 0 Å². The minimum atomic E-state index is 0.245. The number of aromatic nitrogens is 1. The Kier molecular flexibility index (Phi) is 5.95. The molecule has 0 saturated carbocycles. The number of hydrogen-bond acceptors (Lipinski definition) is 6. The summed E-state index contributed by atoms with van der Waals surface area (Å²) in [4.78, 5) is 5.68. The molecule has 3 aromatic carbocycles. The van der Waals surface area contributed by atoms with Crippen molar-refractivity contribution in [2.45, 2.75) is 13.5 Å². The maximum atomic E-state index is 5.62. The monoisotopic (exact) mass is 457 g/mol. The van der Waals surface area contributed by atoms with E-state index in [1.807, 2.05) is 72.3 Å². The van der Waals surface area contributed by atoms with Crippen LogP contribution in [0.15, 0.2) is 88.3 Å². The molecule has 1 aliphatic heterocycles. The molecular formula is C26H23N3O3S. The largest absolute Gasteiger partial charge is 0.496 e. The van der Waals surface area contributed by atoms with E-state index in [9.17, 15) is 0 Å². The topological polar surface area (TPSA) is 57.3 Å². The zero-order valence-electron chi connectivity index (χ0n) is 18.4.